The molecule has 2 aromatic heterocycles. The standard InChI is InChI=1S/C13H11N3O4/c1-8-14-12(16-19-8)7-18-13(17)6-10-9-4-2-3-5-11(9)20-15-10/h2-5H,6-7H2,1H3. The Labute approximate surface area is 113 Å². The summed E-state index contributed by atoms with van der Waals surface area (Å²) in [6, 6.07) is 7.33. The van der Waals surface area contributed by atoms with Crippen molar-refractivity contribution in [1.82, 2.24) is 15.3 Å². The molecule has 0 aliphatic heterocycles. The number of benzene rings is 1. The molecule has 1 aromatic carbocycles. The van der Waals surface area contributed by atoms with E-state index in [1.165, 1.54) is 0 Å². The zero-order valence-electron chi connectivity index (χ0n) is 10.7. The summed E-state index contributed by atoms with van der Waals surface area (Å²) in [4.78, 5) is 15.7. The van der Waals surface area contributed by atoms with E-state index in [1.807, 2.05) is 18.2 Å². The molecule has 2 heterocycles. The fourth-order valence-electron chi connectivity index (χ4n) is 1.80. The fraction of sp³-hybridized carbons (Fsp3) is 0.231. The van der Waals surface area contributed by atoms with Gasteiger partial charge in [0.15, 0.2) is 12.2 Å². The van der Waals surface area contributed by atoms with Crippen LogP contribution in [0.4, 0.5) is 0 Å². The molecule has 7 heteroatoms. The van der Waals surface area contributed by atoms with Crippen molar-refractivity contribution >= 4 is 16.9 Å². The molecular formula is C13H11N3O4. The normalized spacial score (nSPS) is 10.8. The molecule has 0 aliphatic carbocycles. The van der Waals surface area contributed by atoms with Crippen LogP contribution in [0, 0.1) is 6.92 Å². The molecule has 0 unspecified atom stereocenters. The first-order valence-electron chi connectivity index (χ1n) is 6.00. The predicted octanol–water partition coefficient (Wildman–Crippen LogP) is 1.81. The summed E-state index contributed by atoms with van der Waals surface area (Å²) in [7, 11) is 0. The lowest BCUT2D eigenvalue weighted by molar-refractivity contribution is -0.144. The number of hydrogen-bond donors (Lipinski definition) is 0. The Kier molecular flexibility index (Phi) is 3.16. The van der Waals surface area contributed by atoms with Gasteiger partial charge in [-0.15, -0.1) is 0 Å². The largest absolute Gasteiger partial charge is 0.457 e. The molecule has 0 aliphatic rings. The first-order chi connectivity index (χ1) is 9.72. The monoisotopic (exact) mass is 273 g/mol. The van der Waals surface area contributed by atoms with Crippen LogP contribution >= 0.6 is 0 Å². The highest BCUT2D eigenvalue weighted by atomic mass is 16.5. The van der Waals surface area contributed by atoms with Crippen molar-refractivity contribution in [2.24, 2.45) is 0 Å². The van der Waals surface area contributed by atoms with E-state index >= 15 is 0 Å². The van der Waals surface area contributed by atoms with Crippen molar-refractivity contribution in [1.29, 1.82) is 0 Å². The molecule has 0 atom stereocenters. The molecule has 20 heavy (non-hydrogen) atoms. The van der Waals surface area contributed by atoms with Gasteiger partial charge in [0.2, 0.25) is 11.7 Å². The van der Waals surface area contributed by atoms with E-state index in [2.05, 4.69) is 15.3 Å². The van der Waals surface area contributed by atoms with E-state index in [4.69, 9.17) is 13.8 Å². The third-order valence-corrected chi connectivity index (χ3v) is 2.70. The van der Waals surface area contributed by atoms with Gasteiger partial charge in [0.1, 0.15) is 5.69 Å². The Morgan fingerprint density at radius 1 is 1.25 bits per heavy atom. The highest BCUT2D eigenvalue weighted by Gasteiger charge is 2.14. The van der Waals surface area contributed by atoms with Gasteiger partial charge < -0.3 is 13.8 Å². The maximum atomic E-state index is 11.7. The van der Waals surface area contributed by atoms with Gasteiger partial charge in [-0.3, -0.25) is 4.79 Å². The van der Waals surface area contributed by atoms with Crippen molar-refractivity contribution in [2.45, 2.75) is 20.0 Å². The lowest BCUT2D eigenvalue weighted by Gasteiger charge is -1.99. The number of rotatable bonds is 4. The molecule has 0 saturated carbocycles. The second-order valence-corrected chi connectivity index (χ2v) is 4.19. The number of aryl methyl sites for hydroxylation is 1. The second kappa shape index (κ2) is 5.12. The summed E-state index contributed by atoms with van der Waals surface area (Å²) >= 11 is 0. The smallest absolute Gasteiger partial charge is 0.312 e. The Bertz CT molecular complexity index is 747. The van der Waals surface area contributed by atoms with Gasteiger partial charge in [-0.1, -0.05) is 22.4 Å². The zero-order chi connectivity index (χ0) is 13.9. The van der Waals surface area contributed by atoms with Crippen LogP contribution in [0.3, 0.4) is 0 Å². The molecule has 7 nitrogen and oxygen atoms in total. The molecule has 0 spiro atoms. The maximum absolute atomic E-state index is 11.7. The second-order valence-electron chi connectivity index (χ2n) is 4.19. The van der Waals surface area contributed by atoms with Gasteiger partial charge in [-0.05, 0) is 12.1 Å². The molecule has 0 amide bonds. The van der Waals surface area contributed by atoms with Gasteiger partial charge in [-0.2, -0.15) is 4.98 Å². The maximum Gasteiger partial charge on any atom is 0.312 e. The van der Waals surface area contributed by atoms with Crippen LogP contribution in [0.5, 0.6) is 0 Å². The highest BCUT2D eigenvalue weighted by Crippen LogP contribution is 2.18. The van der Waals surface area contributed by atoms with E-state index in [0.29, 0.717) is 23.0 Å². The molecule has 102 valence electrons. The molecule has 0 bridgehead atoms. The fourth-order valence-corrected chi connectivity index (χ4v) is 1.80. The topological polar surface area (TPSA) is 91.2 Å². The van der Waals surface area contributed by atoms with Crippen molar-refractivity contribution in [3.63, 3.8) is 0 Å². The minimum absolute atomic E-state index is 0.0219. The number of hydrogen-bond acceptors (Lipinski definition) is 7. The number of esters is 1. The van der Waals surface area contributed by atoms with Crippen LogP contribution in [-0.4, -0.2) is 21.3 Å². The number of aromatic nitrogens is 3. The molecule has 3 aromatic rings. The van der Waals surface area contributed by atoms with Gasteiger partial charge in [0.05, 0.1) is 6.42 Å². The summed E-state index contributed by atoms with van der Waals surface area (Å²) in [6.45, 7) is 1.64. The number of ether oxygens (including phenoxy) is 1. The van der Waals surface area contributed by atoms with Crippen LogP contribution in [0.1, 0.15) is 17.4 Å². The summed E-state index contributed by atoms with van der Waals surface area (Å²) in [6.07, 6.45) is 0.0356. The number of carbonyl (C=O) groups excluding carboxylic acids is 1. The average Bonchev–Trinajstić information content (AvgIpc) is 3.04. The van der Waals surface area contributed by atoms with E-state index < -0.39 is 5.97 Å². The number of fused-ring (bicyclic) bond motifs is 1. The van der Waals surface area contributed by atoms with Crippen molar-refractivity contribution < 1.29 is 18.6 Å². The van der Waals surface area contributed by atoms with Crippen molar-refractivity contribution in [2.75, 3.05) is 0 Å². The minimum Gasteiger partial charge on any atom is -0.457 e. The SMILES string of the molecule is Cc1nc(COC(=O)Cc2noc3ccccc23)no1. The van der Waals surface area contributed by atoms with Gasteiger partial charge >= 0.3 is 5.97 Å². The molecule has 3 rings (SSSR count). The van der Waals surface area contributed by atoms with Crippen LogP contribution < -0.4 is 0 Å². The van der Waals surface area contributed by atoms with Crippen LogP contribution in [0.2, 0.25) is 0 Å². The first kappa shape index (κ1) is 12.3. The summed E-state index contributed by atoms with van der Waals surface area (Å²) < 4.78 is 15.0. The zero-order valence-corrected chi connectivity index (χ0v) is 10.7. The molecule has 0 fully saturated rings. The summed E-state index contributed by atoms with van der Waals surface area (Å²) in [5, 5.41) is 8.31. The predicted molar refractivity (Wildman–Crippen MR) is 66.5 cm³/mol. The summed E-state index contributed by atoms with van der Waals surface area (Å²) in [5.41, 5.74) is 1.19. The van der Waals surface area contributed by atoms with Crippen molar-refractivity contribution in [3.05, 3.63) is 41.7 Å². The third kappa shape index (κ3) is 2.51. The Morgan fingerprint density at radius 2 is 2.10 bits per heavy atom. The van der Waals surface area contributed by atoms with Gasteiger partial charge in [-0.25, -0.2) is 0 Å². The van der Waals surface area contributed by atoms with E-state index in [1.54, 1.807) is 13.0 Å². The van der Waals surface area contributed by atoms with Crippen LogP contribution in [0.25, 0.3) is 11.0 Å². The molecule has 0 saturated heterocycles. The minimum atomic E-state index is -0.425. The Hall–Kier alpha value is -2.70. The third-order valence-electron chi connectivity index (χ3n) is 2.70. The molecular weight excluding hydrogens is 262 g/mol. The van der Waals surface area contributed by atoms with Crippen molar-refractivity contribution in [3.8, 4) is 0 Å². The van der Waals surface area contributed by atoms with E-state index in [9.17, 15) is 4.79 Å². The number of para-hydroxylation sites is 1. The Balaban J connectivity index is 1.64. The van der Waals surface area contributed by atoms with Gasteiger partial charge in [0, 0.05) is 12.3 Å². The lowest BCUT2D eigenvalue weighted by Crippen LogP contribution is -2.09. The van der Waals surface area contributed by atoms with Crippen LogP contribution in [0.15, 0.2) is 33.3 Å². The molecule has 0 N–H and O–H groups in total. The van der Waals surface area contributed by atoms with Gasteiger partial charge in [0.25, 0.3) is 0 Å². The average molecular weight is 273 g/mol. The lowest BCUT2D eigenvalue weighted by atomic mass is 10.2. The number of carbonyl (C=O) groups is 1. The number of nitrogens with zero attached hydrogens (tertiary/aromatic N) is 3. The van der Waals surface area contributed by atoms with Crippen LogP contribution in [-0.2, 0) is 22.6 Å². The van der Waals surface area contributed by atoms with E-state index in [-0.39, 0.29) is 13.0 Å². The van der Waals surface area contributed by atoms with E-state index in [0.717, 1.165) is 5.39 Å². The quantitative estimate of drug-likeness (QED) is 0.669. The first-order valence-corrected chi connectivity index (χ1v) is 6.00. The highest BCUT2D eigenvalue weighted by molar-refractivity contribution is 5.84. The summed E-state index contributed by atoms with van der Waals surface area (Å²) in [5.74, 6) is 0.339. The Morgan fingerprint density at radius 3 is 2.90 bits per heavy atom. The molecule has 0 radical (unpaired) electrons.